The predicted molar refractivity (Wildman–Crippen MR) is 108 cm³/mol. The van der Waals surface area contributed by atoms with Gasteiger partial charge in [-0.05, 0) is 17.2 Å². The van der Waals surface area contributed by atoms with Gasteiger partial charge in [0.25, 0.3) is 5.91 Å². The number of carbonyl (C=O) groups is 2. The number of carbonyl (C=O) groups excluding carboxylic acids is 2. The molecule has 0 bridgehead atoms. The van der Waals surface area contributed by atoms with Crippen LogP contribution in [0.15, 0.2) is 72.8 Å². The van der Waals surface area contributed by atoms with Gasteiger partial charge in [0.15, 0.2) is 6.61 Å². The number of thiophene rings is 1. The molecule has 148 valence electrons. The van der Waals surface area contributed by atoms with E-state index in [-0.39, 0.29) is 15.8 Å². The molecule has 3 aromatic rings. The molecule has 8 heteroatoms. The normalized spacial score (nSPS) is 10.3. The van der Waals surface area contributed by atoms with Gasteiger partial charge in [-0.25, -0.2) is 4.79 Å². The number of hydrogen-bond acceptors (Lipinski definition) is 6. The molecule has 0 saturated heterocycles. The van der Waals surface area contributed by atoms with E-state index in [4.69, 9.17) is 4.74 Å². The van der Waals surface area contributed by atoms with Crippen molar-refractivity contribution in [2.24, 2.45) is 0 Å². The molecule has 0 N–H and O–H groups in total. The number of esters is 1. The highest BCUT2D eigenvalue weighted by atomic mass is 32.1. The summed E-state index contributed by atoms with van der Waals surface area (Å²) in [6.45, 7) is 0.303. The van der Waals surface area contributed by atoms with Gasteiger partial charge in [-0.2, -0.15) is 0 Å². The maximum atomic E-state index is 12.7. The Kier molecular flexibility index (Phi) is 6.70. The highest BCUT2D eigenvalue weighted by Crippen LogP contribution is 2.24. The van der Waals surface area contributed by atoms with Crippen molar-refractivity contribution in [3.05, 3.63) is 98.9 Å². The largest absolute Gasteiger partial charge is 0.451 e. The second-order valence-electron chi connectivity index (χ2n) is 6.19. The lowest BCUT2D eigenvalue weighted by molar-refractivity contribution is -0.380. The van der Waals surface area contributed by atoms with Crippen LogP contribution >= 0.6 is 11.3 Å². The van der Waals surface area contributed by atoms with Crippen molar-refractivity contribution in [2.45, 2.75) is 13.1 Å². The van der Waals surface area contributed by atoms with Gasteiger partial charge in [0.1, 0.15) is 4.88 Å². The molecule has 3 rings (SSSR count). The van der Waals surface area contributed by atoms with Gasteiger partial charge in [-0.15, -0.1) is 0 Å². The third kappa shape index (κ3) is 5.73. The highest BCUT2D eigenvalue weighted by molar-refractivity contribution is 7.17. The molecule has 29 heavy (non-hydrogen) atoms. The van der Waals surface area contributed by atoms with Crippen LogP contribution in [-0.4, -0.2) is 28.3 Å². The van der Waals surface area contributed by atoms with Crippen LogP contribution in [0.25, 0.3) is 0 Å². The van der Waals surface area contributed by atoms with E-state index < -0.39 is 17.5 Å². The molecule has 1 heterocycles. The Bertz CT molecular complexity index is 947. The number of rotatable bonds is 8. The van der Waals surface area contributed by atoms with Gasteiger partial charge in [-0.3, -0.25) is 14.9 Å². The van der Waals surface area contributed by atoms with Crippen LogP contribution in [-0.2, 0) is 22.6 Å². The zero-order valence-corrected chi connectivity index (χ0v) is 16.2. The lowest BCUT2D eigenvalue weighted by Crippen LogP contribution is -2.33. The molecule has 0 aliphatic rings. The second kappa shape index (κ2) is 9.61. The van der Waals surface area contributed by atoms with Crippen LogP contribution in [0.5, 0.6) is 0 Å². The SMILES string of the molecule is O=C(OCC(=O)N(Cc1ccccc1)Cc1ccccc1)c1ccc([N+](=O)[O-])s1. The summed E-state index contributed by atoms with van der Waals surface area (Å²) >= 11 is 0.716. The monoisotopic (exact) mass is 410 g/mol. The van der Waals surface area contributed by atoms with Crippen LogP contribution in [0.2, 0.25) is 0 Å². The quantitative estimate of drug-likeness (QED) is 0.318. The van der Waals surface area contributed by atoms with Gasteiger partial charge in [0.2, 0.25) is 0 Å². The average molecular weight is 410 g/mol. The summed E-state index contributed by atoms with van der Waals surface area (Å²) in [4.78, 5) is 36.7. The first-order valence-corrected chi connectivity index (χ1v) is 9.61. The lowest BCUT2D eigenvalue weighted by atomic mass is 10.1. The Hall–Kier alpha value is -3.52. The number of amides is 1. The smallest absolute Gasteiger partial charge is 0.349 e. The first-order chi connectivity index (χ1) is 14.0. The summed E-state index contributed by atoms with van der Waals surface area (Å²) in [6, 6.07) is 21.6. The van der Waals surface area contributed by atoms with Crippen molar-refractivity contribution >= 4 is 28.2 Å². The van der Waals surface area contributed by atoms with Crippen molar-refractivity contribution in [3.8, 4) is 0 Å². The maximum absolute atomic E-state index is 12.7. The first-order valence-electron chi connectivity index (χ1n) is 8.80. The predicted octanol–water partition coefficient (Wildman–Crippen LogP) is 4.04. The van der Waals surface area contributed by atoms with E-state index in [1.165, 1.54) is 12.1 Å². The van der Waals surface area contributed by atoms with E-state index in [2.05, 4.69) is 0 Å². The molecule has 0 aliphatic carbocycles. The number of benzene rings is 2. The third-order valence-electron chi connectivity index (χ3n) is 4.08. The molecule has 0 atom stereocenters. The van der Waals surface area contributed by atoms with E-state index in [0.717, 1.165) is 11.1 Å². The molecule has 0 fully saturated rings. The molecule has 0 spiro atoms. The van der Waals surface area contributed by atoms with Crippen molar-refractivity contribution in [1.29, 1.82) is 0 Å². The average Bonchev–Trinajstić information content (AvgIpc) is 3.24. The van der Waals surface area contributed by atoms with Crippen LogP contribution in [0.1, 0.15) is 20.8 Å². The summed E-state index contributed by atoms with van der Waals surface area (Å²) in [6.07, 6.45) is 0. The highest BCUT2D eigenvalue weighted by Gasteiger charge is 2.20. The number of nitro groups is 1. The Morgan fingerprint density at radius 1 is 0.897 bits per heavy atom. The summed E-state index contributed by atoms with van der Waals surface area (Å²) in [5.74, 6) is -1.10. The molecule has 1 aromatic heterocycles. The topological polar surface area (TPSA) is 89.8 Å². The molecular formula is C21H18N2O5S. The molecule has 7 nitrogen and oxygen atoms in total. The number of ether oxygens (including phenoxy) is 1. The molecule has 0 radical (unpaired) electrons. The van der Waals surface area contributed by atoms with E-state index in [0.29, 0.717) is 24.4 Å². The first kappa shape index (κ1) is 20.2. The van der Waals surface area contributed by atoms with Gasteiger partial charge in [0.05, 0.1) is 4.92 Å². The van der Waals surface area contributed by atoms with Gasteiger partial charge < -0.3 is 9.64 Å². The Balaban J connectivity index is 1.66. The summed E-state index contributed by atoms with van der Waals surface area (Å²) in [5, 5.41) is 10.6. The van der Waals surface area contributed by atoms with Gasteiger partial charge >= 0.3 is 11.0 Å². The number of hydrogen-bond donors (Lipinski definition) is 0. The fourth-order valence-electron chi connectivity index (χ4n) is 2.67. The minimum Gasteiger partial charge on any atom is -0.451 e. The van der Waals surface area contributed by atoms with Crippen LogP contribution < -0.4 is 0 Å². The fourth-order valence-corrected chi connectivity index (χ4v) is 3.38. The van der Waals surface area contributed by atoms with Crippen LogP contribution in [0, 0.1) is 10.1 Å². The van der Waals surface area contributed by atoms with Crippen LogP contribution in [0.3, 0.4) is 0 Å². The Morgan fingerprint density at radius 3 is 1.93 bits per heavy atom. The minimum atomic E-state index is -0.754. The van der Waals surface area contributed by atoms with E-state index in [1.54, 1.807) is 4.90 Å². The van der Waals surface area contributed by atoms with Gasteiger partial charge in [-0.1, -0.05) is 72.0 Å². The Labute approximate surface area is 171 Å². The molecule has 1 amide bonds. The molecule has 0 unspecified atom stereocenters. The van der Waals surface area contributed by atoms with E-state index in [9.17, 15) is 19.7 Å². The van der Waals surface area contributed by atoms with E-state index >= 15 is 0 Å². The lowest BCUT2D eigenvalue weighted by Gasteiger charge is -2.23. The van der Waals surface area contributed by atoms with Crippen molar-refractivity contribution in [1.82, 2.24) is 4.90 Å². The minimum absolute atomic E-state index is 0.0853. The maximum Gasteiger partial charge on any atom is 0.349 e. The molecular weight excluding hydrogens is 392 g/mol. The third-order valence-corrected chi connectivity index (χ3v) is 5.10. The van der Waals surface area contributed by atoms with Crippen molar-refractivity contribution in [2.75, 3.05) is 6.61 Å². The number of nitrogens with zero attached hydrogens (tertiary/aromatic N) is 2. The summed E-state index contributed by atoms with van der Waals surface area (Å²) in [5.41, 5.74) is 1.91. The van der Waals surface area contributed by atoms with E-state index in [1.807, 2.05) is 60.7 Å². The standard InChI is InChI=1S/C21H18N2O5S/c24-19(15-28-21(25)18-11-12-20(29-18)23(26)27)22(13-16-7-3-1-4-8-16)14-17-9-5-2-6-10-17/h1-12H,13-15H2. The van der Waals surface area contributed by atoms with Crippen molar-refractivity contribution in [3.63, 3.8) is 0 Å². The molecule has 2 aromatic carbocycles. The summed E-state index contributed by atoms with van der Waals surface area (Å²) < 4.78 is 5.10. The van der Waals surface area contributed by atoms with Crippen LogP contribution in [0.4, 0.5) is 5.00 Å². The van der Waals surface area contributed by atoms with Crippen molar-refractivity contribution < 1.29 is 19.2 Å². The zero-order chi connectivity index (χ0) is 20.6. The fraction of sp³-hybridized carbons (Fsp3) is 0.143. The Morgan fingerprint density at radius 2 is 1.45 bits per heavy atom. The zero-order valence-electron chi connectivity index (χ0n) is 15.4. The van der Waals surface area contributed by atoms with Gasteiger partial charge in [0, 0.05) is 19.2 Å². The summed E-state index contributed by atoms with van der Waals surface area (Å²) in [7, 11) is 0. The molecule has 0 aliphatic heterocycles. The molecule has 0 saturated carbocycles. The second-order valence-corrected chi connectivity index (χ2v) is 7.25.